The number of hydrogen-bond donors (Lipinski definition) is 1. The predicted octanol–water partition coefficient (Wildman–Crippen LogP) is 3.06. The summed E-state index contributed by atoms with van der Waals surface area (Å²) in [7, 11) is 0. The molecule has 2 aromatic heterocycles. The highest BCUT2D eigenvalue weighted by Crippen LogP contribution is 2.10. The van der Waals surface area contributed by atoms with Crippen LogP contribution in [-0.2, 0) is 6.54 Å². The third-order valence-corrected chi connectivity index (χ3v) is 2.70. The second-order valence-electron chi connectivity index (χ2n) is 3.20. The Balaban J connectivity index is 1.98. The monoisotopic (exact) mass is 204 g/mol. The third kappa shape index (κ3) is 2.33. The fourth-order valence-corrected chi connectivity index (χ4v) is 1.89. The summed E-state index contributed by atoms with van der Waals surface area (Å²) < 4.78 is 0. The SMILES string of the molecule is Cc1ccnc(NCc2ccsc2)c1. The molecular formula is C11H12N2S. The van der Waals surface area contributed by atoms with E-state index in [1.54, 1.807) is 11.3 Å². The van der Waals surface area contributed by atoms with Gasteiger partial charge in [0.15, 0.2) is 0 Å². The van der Waals surface area contributed by atoms with E-state index in [2.05, 4.69) is 34.1 Å². The molecule has 0 fully saturated rings. The molecule has 0 spiro atoms. The maximum atomic E-state index is 4.23. The molecule has 0 radical (unpaired) electrons. The van der Waals surface area contributed by atoms with Crippen molar-refractivity contribution in [2.45, 2.75) is 13.5 Å². The molecule has 0 aliphatic carbocycles. The molecule has 0 saturated heterocycles. The molecular weight excluding hydrogens is 192 g/mol. The van der Waals surface area contributed by atoms with Crippen LogP contribution >= 0.6 is 11.3 Å². The van der Waals surface area contributed by atoms with Crippen LogP contribution in [0.3, 0.4) is 0 Å². The minimum atomic E-state index is 0.847. The fourth-order valence-electron chi connectivity index (χ4n) is 1.22. The van der Waals surface area contributed by atoms with E-state index in [-0.39, 0.29) is 0 Å². The summed E-state index contributed by atoms with van der Waals surface area (Å²) in [4.78, 5) is 4.23. The molecule has 2 heterocycles. The van der Waals surface area contributed by atoms with Gasteiger partial charge in [0.1, 0.15) is 5.82 Å². The molecule has 2 nitrogen and oxygen atoms in total. The van der Waals surface area contributed by atoms with E-state index in [4.69, 9.17) is 0 Å². The predicted molar refractivity (Wildman–Crippen MR) is 60.6 cm³/mol. The molecule has 0 unspecified atom stereocenters. The number of pyridine rings is 1. The number of hydrogen-bond acceptors (Lipinski definition) is 3. The minimum absolute atomic E-state index is 0.847. The lowest BCUT2D eigenvalue weighted by molar-refractivity contribution is 1.11. The van der Waals surface area contributed by atoms with Gasteiger partial charge in [-0.05, 0) is 47.0 Å². The number of aromatic nitrogens is 1. The zero-order chi connectivity index (χ0) is 9.80. The fraction of sp³-hybridized carbons (Fsp3) is 0.182. The van der Waals surface area contributed by atoms with Crippen molar-refractivity contribution in [1.82, 2.24) is 4.98 Å². The van der Waals surface area contributed by atoms with Crippen molar-refractivity contribution in [3.63, 3.8) is 0 Å². The summed E-state index contributed by atoms with van der Waals surface area (Å²) in [6.07, 6.45) is 1.82. The summed E-state index contributed by atoms with van der Waals surface area (Å²) in [5, 5.41) is 7.51. The molecule has 1 N–H and O–H groups in total. The maximum absolute atomic E-state index is 4.23. The zero-order valence-electron chi connectivity index (χ0n) is 8.03. The zero-order valence-corrected chi connectivity index (χ0v) is 8.84. The van der Waals surface area contributed by atoms with Crippen LogP contribution < -0.4 is 5.32 Å². The molecule has 0 atom stereocenters. The minimum Gasteiger partial charge on any atom is -0.366 e. The van der Waals surface area contributed by atoms with Crippen LogP contribution in [0.15, 0.2) is 35.2 Å². The molecule has 14 heavy (non-hydrogen) atoms. The van der Waals surface area contributed by atoms with E-state index in [1.807, 2.05) is 18.3 Å². The number of nitrogens with zero attached hydrogens (tertiary/aromatic N) is 1. The molecule has 0 aromatic carbocycles. The second-order valence-corrected chi connectivity index (χ2v) is 3.98. The van der Waals surface area contributed by atoms with E-state index in [1.165, 1.54) is 11.1 Å². The van der Waals surface area contributed by atoms with Crippen LogP contribution in [0, 0.1) is 6.92 Å². The van der Waals surface area contributed by atoms with Gasteiger partial charge in [0.25, 0.3) is 0 Å². The summed E-state index contributed by atoms with van der Waals surface area (Å²) in [6.45, 7) is 2.91. The summed E-state index contributed by atoms with van der Waals surface area (Å²) >= 11 is 1.72. The Labute approximate surface area is 87.6 Å². The Bertz CT molecular complexity index is 395. The lowest BCUT2D eigenvalue weighted by Crippen LogP contribution is -1.99. The van der Waals surface area contributed by atoms with Crippen molar-refractivity contribution in [2.75, 3.05) is 5.32 Å². The van der Waals surface area contributed by atoms with Gasteiger partial charge in [-0.15, -0.1) is 0 Å². The van der Waals surface area contributed by atoms with Gasteiger partial charge in [0.2, 0.25) is 0 Å². The van der Waals surface area contributed by atoms with Crippen LogP contribution in [0.2, 0.25) is 0 Å². The molecule has 2 rings (SSSR count). The first-order valence-electron chi connectivity index (χ1n) is 4.52. The first-order valence-corrected chi connectivity index (χ1v) is 5.46. The van der Waals surface area contributed by atoms with Crippen molar-refractivity contribution in [1.29, 1.82) is 0 Å². The van der Waals surface area contributed by atoms with E-state index in [9.17, 15) is 0 Å². The van der Waals surface area contributed by atoms with Crippen molar-refractivity contribution in [3.8, 4) is 0 Å². The summed E-state index contributed by atoms with van der Waals surface area (Å²) in [6, 6.07) is 6.16. The lowest BCUT2D eigenvalue weighted by Gasteiger charge is -2.03. The Morgan fingerprint density at radius 1 is 1.43 bits per heavy atom. The molecule has 0 amide bonds. The number of rotatable bonds is 3. The first kappa shape index (κ1) is 9.21. The molecule has 0 aliphatic heterocycles. The quantitative estimate of drug-likeness (QED) is 0.831. The summed E-state index contributed by atoms with van der Waals surface area (Å²) in [5.41, 5.74) is 2.53. The smallest absolute Gasteiger partial charge is 0.126 e. The normalized spacial score (nSPS) is 10.1. The number of thiophene rings is 1. The Hall–Kier alpha value is -1.35. The van der Waals surface area contributed by atoms with Crippen LogP contribution in [-0.4, -0.2) is 4.98 Å². The van der Waals surface area contributed by atoms with Crippen molar-refractivity contribution in [2.24, 2.45) is 0 Å². The average molecular weight is 204 g/mol. The molecule has 0 saturated carbocycles. The molecule has 2 aromatic rings. The van der Waals surface area contributed by atoms with Gasteiger partial charge in [0.05, 0.1) is 0 Å². The average Bonchev–Trinajstić information content (AvgIpc) is 2.67. The summed E-state index contributed by atoms with van der Waals surface area (Å²) in [5.74, 6) is 0.941. The van der Waals surface area contributed by atoms with Crippen LogP contribution in [0.5, 0.6) is 0 Å². The lowest BCUT2D eigenvalue weighted by atomic mass is 10.3. The maximum Gasteiger partial charge on any atom is 0.126 e. The van der Waals surface area contributed by atoms with E-state index < -0.39 is 0 Å². The molecule has 3 heteroatoms. The largest absolute Gasteiger partial charge is 0.366 e. The van der Waals surface area contributed by atoms with E-state index in [0.717, 1.165) is 12.4 Å². The van der Waals surface area contributed by atoms with Gasteiger partial charge < -0.3 is 5.32 Å². The van der Waals surface area contributed by atoms with Gasteiger partial charge in [-0.25, -0.2) is 4.98 Å². The Kier molecular flexibility index (Phi) is 2.79. The standard InChI is InChI=1S/C11H12N2S/c1-9-2-4-12-11(6-9)13-7-10-3-5-14-8-10/h2-6,8H,7H2,1H3,(H,12,13). The first-order chi connectivity index (χ1) is 6.84. The number of anilines is 1. The van der Waals surface area contributed by atoms with E-state index >= 15 is 0 Å². The highest BCUT2D eigenvalue weighted by molar-refractivity contribution is 7.07. The van der Waals surface area contributed by atoms with Gasteiger partial charge in [0, 0.05) is 12.7 Å². The second kappa shape index (κ2) is 4.24. The van der Waals surface area contributed by atoms with Crippen molar-refractivity contribution < 1.29 is 0 Å². The number of aryl methyl sites for hydroxylation is 1. The number of nitrogens with one attached hydrogen (secondary N) is 1. The highest BCUT2D eigenvalue weighted by atomic mass is 32.1. The Morgan fingerprint density at radius 3 is 3.07 bits per heavy atom. The Morgan fingerprint density at radius 2 is 2.36 bits per heavy atom. The van der Waals surface area contributed by atoms with Gasteiger partial charge in [-0.1, -0.05) is 0 Å². The van der Waals surface area contributed by atoms with Gasteiger partial charge in [-0.3, -0.25) is 0 Å². The van der Waals surface area contributed by atoms with Crippen LogP contribution in [0.4, 0.5) is 5.82 Å². The molecule has 72 valence electrons. The van der Waals surface area contributed by atoms with Crippen molar-refractivity contribution >= 4 is 17.2 Å². The van der Waals surface area contributed by atoms with Crippen molar-refractivity contribution in [3.05, 3.63) is 46.3 Å². The van der Waals surface area contributed by atoms with Crippen LogP contribution in [0.1, 0.15) is 11.1 Å². The highest BCUT2D eigenvalue weighted by Gasteiger charge is 1.95. The van der Waals surface area contributed by atoms with Gasteiger partial charge in [-0.2, -0.15) is 11.3 Å². The molecule has 0 bridgehead atoms. The molecule has 0 aliphatic rings. The van der Waals surface area contributed by atoms with Gasteiger partial charge >= 0.3 is 0 Å². The van der Waals surface area contributed by atoms with E-state index in [0.29, 0.717) is 0 Å². The topological polar surface area (TPSA) is 24.9 Å². The third-order valence-electron chi connectivity index (χ3n) is 1.97. The van der Waals surface area contributed by atoms with Crippen LogP contribution in [0.25, 0.3) is 0 Å².